The average Bonchev–Trinajstić information content (AvgIpc) is 2.87. The van der Waals surface area contributed by atoms with Crippen LogP contribution in [0.3, 0.4) is 0 Å². The molecule has 0 aliphatic carbocycles. The minimum Gasteiger partial charge on any atom is -0.456 e. The molecule has 6 nitrogen and oxygen atoms in total. The minimum atomic E-state index is -1.91. The summed E-state index contributed by atoms with van der Waals surface area (Å²) in [6.07, 6.45) is -8.23. The summed E-state index contributed by atoms with van der Waals surface area (Å²) in [6.45, 7) is 0.819. The van der Waals surface area contributed by atoms with Crippen molar-refractivity contribution in [3.05, 3.63) is 108 Å². The molecule has 0 spiro atoms. The zero-order chi connectivity index (χ0) is 24.1. The van der Waals surface area contributed by atoms with E-state index in [1.807, 2.05) is 91.0 Å². The van der Waals surface area contributed by atoms with Crippen LogP contribution in [0.2, 0.25) is 0 Å². The number of benzene rings is 3. The Morgan fingerprint density at radius 2 is 1.32 bits per heavy atom. The third kappa shape index (κ3) is 4.74. The SMILES string of the molecule is CC(=O)O[C@@H]1[C@H](O)[C@@H](O)O[C@H](COC(c2ccccc2)(c2ccccc2)c2ccccc2)[C@@H]1F. The summed E-state index contributed by atoms with van der Waals surface area (Å²) in [5.74, 6) is -0.771. The van der Waals surface area contributed by atoms with Crippen LogP contribution in [0.15, 0.2) is 91.0 Å². The van der Waals surface area contributed by atoms with Gasteiger partial charge in [0.25, 0.3) is 0 Å². The Bertz CT molecular complexity index is 966. The van der Waals surface area contributed by atoms with Crippen molar-refractivity contribution >= 4 is 5.97 Å². The fraction of sp³-hybridized carbons (Fsp3) is 0.296. The van der Waals surface area contributed by atoms with Crippen LogP contribution in [-0.2, 0) is 24.6 Å². The van der Waals surface area contributed by atoms with E-state index in [1.54, 1.807) is 0 Å². The van der Waals surface area contributed by atoms with Crippen LogP contribution in [0.25, 0.3) is 0 Å². The molecule has 34 heavy (non-hydrogen) atoms. The van der Waals surface area contributed by atoms with Crippen molar-refractivity contribution < 1.29 is 33.6 Å². The molecule has 7 heteroatoms. The molecule has 0 radical (unpaired) electrons. The van der Waals surface area contributed by atoms with Gasteiger partial charge in [-0.3, -0.25) is 4.79 Å². The Hall–Kier alpha value is -3.10. The van der Waals surface area contributed by atoms with E-state index >= 15 is 4.39 Å². The van der Waals surface area contributed by atoms with Gasteiger partial charge in [-0.2, -0.15) is 0 Å². The van der Waals surface area contributed by atoms with Gasteiger partial charge in [-0.25, -0.2) is 4.39 Å². The van der Waals surface area contributed by atoms with Gasteiger partial charge in [0, 0.05) is 6.92 Å². The van der Waals surface area contributed by atoms with Crippen LogP contribution < -0.4 is 0 Å². The number of aliphatic hydroxyl groups excluding tert-OH is 2. The number of hydrogen-bond donors (Lipinski definition) is 2. The lowest BCUT2D eigenvalue weighted by Crippen LogP contribution is -2.58. The molecule has 3 aromatic carbocycles. The first-order valence-electron chi connectivity index (χ1n) is 11.1. The normalized spacial score (nSPS) is 25.0. The van der Waals surface area contributed by atoms with E-state index < -0.39 is 42.3 Å². The maximum absolute atomic E-state index is 15.3. The topological polar surface area (TPSA) is 85.2 Å². The molecule has 1 saturated heterocycles. The van der Waals surface area contributed by atoms with E-state index in [9.17, 15) is 15.0 Å². The van der Waals surface area contributed by atoms with E-state index in [-0.39, 0.29) is 6.61 Å². The van der Waals surface area contributed by atoms with Gasteiger partial charge in [0.2, 0.25) is 0 Å². The zero-order valence-electron chi connectivity index (χ0n) is 18.7. The molecule has 1 fully saturated rings. The fourth-order valence-electron chi connectivity index (χ4n) is 4.33. The van der Waals surface area contributed by atoms with E-state index in [1.165, 1.54) is 0 Å². The van der Waals surface area contributed by atoms with Crippen LogP contribution in [0.4, 0.5) is 4.39 Å². The summed E-state index contributed by atoms with van der Waals surface area (Å²) in [4.78, 5) is 11.4. The van der Waals surface area contributed by atoms with Gasteiger partial charge in [0.05, 0.1) is 6.61 Å². The van der Waals surface area contributed by atoms with Gasteiger partial charge >= 0.3 is 5.97 Å². The van der Waals surface area contributed by atoms with Gasteiger partial charge in [-0.1, -0.05) is 91.0 Å². The van der Waals surface area contributed by atoms with Crippen molar-refractivity contribution in [3.63, 3.8) is 0 Å². The fourth-order valence-corrected chi connectivity index (χ4v) is 4.33. The van der Waals surface area contributed by atoms with Gasteiger partial charge in [-0.15, -0.1) is 0 Å². The Morgan fingerprint density at radius 1 is 0.882 bits per heavy atom. The smallest absolute Gasteiger partial charge is 0.303 e. The van der Waals surface area contributed by atoms with Crippen molar-refractivity contribution in [2.75, 3.05) is 6.61 Å². The minimum absolute atomic E-state index is 0.290. The molecule has 0 bridgehead atoms. The molecular formula is C27H27FO6. The summed E-state index contributed by atoms with van der Waals surface area (Å²) < 4.78 is 32.1. The number of carbonyl (C=O) groups excluding carboxylic acids is 1. The number of carbonyl (C=O) groups is 1. The molecule has 0 saturated carbocycles. The Morgan fingerprint density at radius 3 is 1.74 bits per heavy atom. The quantitative estimate of drug-likeness (QED) is 0.410. The van der Waals surface area contributed by atoms with Crippen molar-refractivity contribution in [1.82, 2.24) is 0 Å². The maximum Gasteiger partial charge on any atom is 0.303 e. The second-order valence-electron chi connectivity index (χ2n) is 8.16. The predicted octanol–water partition coefficient (Wildman–Crippen LogP) is 3.34. The van der Waals surface area contributed by atoms with Gasteiger partial charge in [0.1, 0.15) is 17.8 Å². The molecule has 0 unspecified atom stereocenters. The number of rotatable bonds is 7. The summed E-state index contributed by atoms with van der Waals surface area (Å²) >= 11 is 0. The molecule has 4 rings (SSSR count). The van der Waals surface area contributed by atoms with E-state index in [2.05, 4.69) is 0 Å². The second kappa shape index (κ2) is 10.4. The third-order valence-corrected chi connectivity index (χ3v) is 5.92. The second-order valence-corrected chi connectivity index (χ2v) is 8.16. The van der Waals surface area contributed by atoms with Crippen LogP contribution in [0, 0.1) is 0 Å². The first kappa shape index (κ1) is 24.0. The molecule has 178 valence electrons. The highest BCUT2D eigenvalue weighted by Gasteiger charge is 2.49. The van der Waals surface area contributed by atoms with Gasteiger partial charge < -0.3 is 24.4 Å². The Balaban J connectivity index is 1.74. The lowest BCUT2D eigenvalue weighted by molar-refractivity contribution is -0.283. The largest absolute Gasteiger partial charge is 0.456 e. The number of aliphatic hydroxyl groups is 2. The van der Waals surface area contributed by atoms with Crippen molar-refractivity contribution in [1.29, 1.82) is 0 Å². The van der Waals surface area contributed by atoms with Crippen molar-refractivity contribution in [2.24, 2.45) is 0 Å². The summed E-state index contributed by atoms with van der Waals surface area (Å²) in [7, 11) is 0. The average molecular weight is 467 g/mol. The highest BCUT2D eigenvalue weighted by molar-refractivity contribution is 5.66. The standard InChI is InChI=1S/C27H27FO6/c1-18(29)33-25-23(28)22(34-26(31)24(25)30)17-32-27(19-11-5-2-6-12-19,20-13-7-3-8-14-20)21-15-9-4-10-16-21/h2-16,22-26,30-31H,17H2,1H3/t22-,23+,24+,25+,26+/m1/s1. The lowest BCUT2D eigenvalue weighted by Gasteiger charge is -2.41. The molecule has 0 amide bonds. The molecular weight excluding hydrogens is 439 g/mol. The summed E-state index contributed by atoms with van der Waals surface area (Å²) in [6, 6.07) is 28.6. The van der Waals surface area contributed by atoms with Crippen LogP contribution in [0.1, 0.15) is 23.6 Å². The van der Waals surface area contributed by atoms with E-state index in [0.717, 1.165) is 23.6 Å². The molecule has 1 aliphatic heterocycles. The molecule has 0 aromatic heterocycles. The van der Waals surface area contributed by atoms with Gasteiger partial charge in [0.15, 0.2) is 18.6 Å². The first-order valence-corrected chi connectivity index (χ1v) is 11.1. The van der Waals surface area contributed by atoms with Crippen LogP contribution >= 0.6 is 0 Å². The third-order valence-electron chi connectivity index (χ3n) is 5.92. The predicted molar refractivity (Wildman–Crippen MR) is 122 cm³/mol. The van der Waals surface area contributed by atoms with E-state index in [4.69, 9.17) is 14.2 Å². The van der Waals surface area contributed by atoms with Crippen molar-refractivity contribution in [2.45, 2.75) is 43.3 Å². The maximum atomic E-state index is 15.3. The number of halogens is 1. The molecule has 1 heterocycles. The zero-order valence-corrected chi connectivity index (χ0v) is 18.7. The number of esters is 1. The number of ether oxygens (including phenoxy) is 3. The van der Waals surface area contributed by atoms with Crippen molar-refractivity contribution in [3.8, 4) is 0 Å². The monoisotopic (exact) mass is 466 g/mol. The van der Waals surface area contributed by atoms with Gasteiger partial charge in [-0.05, 0) is 16.7 Å². The molecule has 3 aromatic rings. The Labute approximate surface area is 197 Å². The lowest BCUT2D eigenvalue weighted by atomic mass is 9.80. The highest BCUT2D eigenvalue weighted by Crippen LogP contribution is 2.41. The highest BCUT2D eigenvalue weighted by atomic mass is 19.1. The number of hydrogen-bond acceptors (Lipinski definition) is 6. The number of alkyl halides is 1. The molecule has 5 atom stereocenters. The van der Waals surface area contributed by atoms with Crippen LogP contribution in [0.5, 0.6) is 0 Å². The van der Waals surface area contributed by atoms with Crippen LogP contribution in [-0.4, -0.2) is 53.6 Å². The summed E-state index contributed by atoms with van der Waals surface area (Å²) in [5.41, 5.74) is 1.33. The molecule has 1 aliphatic rings. The Kier molecular flexibility index (Phi) is 7.38. The van der Waals surface area contributed by atoms with E-state index in [0.29, 0.717) is 0 Å². The first-order chi connectivity index (χ1) is 16.4. The summed E-state index contributed by atoms with van der Waals surface area (Å²) in [5, 5.41) is 20.2. The molecule has 2 N–H and O–H groups in total.